The summed E-state index contributed by atoms with van der Waals surface area (Å²) in [6, 6.07) is 52.4. The predicted octanol–water partition coefficient (Wildman–Crippen LogP) is 11.7. The number of nitrogens with zero attached hydrogens (tertiary/aromatic N) is 1. The van der Waals surface area contributed by atoms with Crippen molar-refractivity contribution in [2.45, 2.75) is 10.3 Å². The van der Waals surface area contributed by atoms with Gasteiger partial charge < -0.3 is 14.3 Å². The molecular weight excluding hydrogens is 569 g/mol. The van der Waals surface area contributed by atoms with Crippen molar-refractivity contribution in [3.05, 3.63) is 151 Å². The van der Waals surface area contributed by atoms with Crippen LogP contribution in [0.15, 0.2) is 155 Å². The number of aromatic nitrogens is 1. The van der Waals surface area contributed by atoms with Crippen LogP contribution in [0.4, 0.5) is 5.69 Å². The van der Waals surface area contributed by atoms with E-state index in [4.69, 9.17) is 4.42 Å². The van der Waals surface area contributed by atoms with Gasteiger partial charge in [-0.2, -0.15) is 0 Å². The summed E-state index contributed by atoms with van der Waals surface area (Å²) in [6.45, 7) is 0. The molecule has 1 N–H and O–H groups in total. The average molecular weight is 595 g/mol. The Balaban J connectivity index is 1.11. The van der Waals surface area contributed by atoms with Crippen LogP contribution in [0.1, 0.15) is 10.9 Å². The Kier molecular flexibility index (Phi) is 5.28. The van der Waals surface area contributed by atoms with Crippen LogP contribution in [0.3, 0.4) is 0 Å². The maximum Gasteiger partial charge on any atom is 0.136 e. The summed E-state index contributed by atoms with van der Waals surface area (Å²) in [5.74, 6) is 0. The van der Waals surface area contributed by atoms with Gasteiger partial charge in [-0.05, 0) is 64.5 Å². The van der Waals surface area contributed by atoms with Crippen LogP contribution in [0.2, 0.25) is 0 Å². The third kappa shape index (κ3) is 3.66. The molecule has 2 aromatic heterocycles. The van der Waals surface area contributed by atoms with Gasteiger partial charge in [0.05, 0.1) is 11.0 Å². The minimum absolute atomic E-state index is 0.126. The lowest BCUT2D eigenvalue weighted by Gasteiger charge is -2.15. The summed E-state index contributed by atoms with van der Waals surface area (Å²) >= 11 is 1.87. The zero-order valence-electron chi connectivity index (χ0n) is 24.2. The second-order valence-electron chi connectivity index (χ2n) is 11.7. The van der Waals surface area contributed by atoms with E-state index in [-0.39, 0.29) is 5.37 Å². The smallest absolute Gasteiger partial charge is 0.136 e. The summed E-state index contributed by atoms with van der Waals surface area (Å²) in [4.78, 5) is 1.26. The van der Waals surface area contributed by atoms with Crippen molar-refractivity contribution in [1.82, 2.24) is 4.57 Å². The largest absolute Gasteiger partial charge is 0.456 e. The Morgan fingerprint density at radius 3 is 2.13 bits per heavy atom. The zero-order valence-corrected chi connectivity index (χ0v) is 25.0. The third-order valence-electron chi connectivity index (χ3n) is 9.23. The fourth-order valence-corrected chi connectivity index (χ4v) is 8.50. The van der Waals surface area contributed by atoms with Crippen molar-refractivity contribution in [3.63, 3.8) is 0 Å². The van der Waals surface area contributed by atoms with Crippen molar-refractivity contribution < 1.29 is 4.42 Å². The summed E-state index contributed by atoms with van der Waals surface area (Å²) in [5, 5.41) is 11.3. The van der Waals surface area contributed by atoms with Crippen LogP contribution in [0, 0.1) is 0 Å². The molecule has 1 aliphatic heterocycles. The fraction of sp³-hybridized carbons (Fsp3) is 0.0244. The van der Waals surface area contributed by atoms with Gasteiger partial charge in [0, 0.05) is 43.2 Å². The topological polar surface area (TPSA) is 30.1 Å². The molecule has 4 heteroatoms. The molecule has 3 heterocycles. The monoisotopic (exact) mass is 594 g/mol. The standard InChI is InChI=1S/C41H26N2OS/c1-2-10-25(11-3-1)32-24-33-29-13-6-8-16-35(29)43(39(33)30-14-5-4-12-28(30)32)27-20-18-26(19-21-27)41-42-34-22-23-37-38(40(34)45-41)31-15-7-9-17-36(31)44-37/h1-24,41-42H. The van der Waals surface area contributed by atoms with Gasteiger partial charge in [0.25, 0.3) is 0 Å². The van der Waals surface area contributed by atoms with Gasteiger partial charge in [-0.15, -0.1) is 0 Å². The highest BCUT2D eigenvalue weighted by Crippen LogP contribution is 2.52. The molecule has 0 bridgehead atoms. The van der Waals surface area contributed by atoms with E-state index in [0.717, 1.165) is 22.5 Å². The van der Waals surface area contributed by atoms with E-state index >= 15 is 0 Å². The molecule has 1 atom stereocenters. The molecule has 7 aromatic carbocycles. The van der Waals surface area contributed by atoms with Gasteiger partial charge >= 0.3 is 0 Å². The predicted molar refractivity (Wildman–Crippen MR) is 190 cm³/mol. The van der Waals surface area contributed by atoms with Gasteiger partial charge in [0.15, 0.2) is 0 Å². The van der Waals surface area contributed by atoms with Gasteiger partial charge in [-0.25, -0.2) is 0 Å². The Bertz CT molecular complexity index is 2600. The number of hydrogen-bond donors (Lipinski definition) is 1. The first-order valence-corrected chi connectivity index (χ1v) is 16.2. The Morgan fingerprint density at radius 1 is 0.578 bits per heavy atom. The number of hydrogen-bond acceptors (Lipinski definition) is 3. The van der Waals surface area contributed by atoms with Gasteiger partial charge in [-0.3, -0.25) is 0 Å². The summed E-state index contributed by atoms with van der Waals surface area (Å²) in [5.41, 5.74) is 10.4. The van der Waals surface area contributed by atoms with Crippen molar-refractivity contribution in [3.8, 4) is 16.8 Å². The Morgan fingerprint density at radius 2 is 1.29 bits per heavy atom. The van der Waals surface area contributed by atoms with Crippen molar-refractivity contribution in [2.24, 2.45) is 0 Å². The van der Waals surface area contributed by atoms with E-state index in [1.165, 1.54) is 64.9 Å². The minimum atomic E-state index is 0.126. The molecule has 0 radical (unpaired) electrons. The van der Waals surface area contributed by atoms with Crippen molar-refractivity contribution in [1.29, 1.82) is 0 Å². The fourth-order valence-electron chi connectivity index (χ4n) is 7.21. The lowest BCUT2D eigenvalue weighted by Crippen LogP contribution is -2.02. The third-order valence-corrected chi connectivity index (χ3v) is 10.5. The van der Waals surface area contributed by atoms with Crippen LogP contribution >= 0.6 is 11.8 Å². The number of anilines is 1. The Labute approximate surface area is 263 Å². The highest BCUT2D eigenvalue weighted by molar-refractivity contribution is 8.00. The zero-order chi connectivity index (χ0) is 29.5. The molecule has 0 saturated carbocycles. The number of rotatable bonds is 3. The molecule has 212 valence electrons. The van der Waals surface area contributed by atoms with E-state index in [1.54, 1.807) is 0 Å². The van der Waals surface area contributed by atoms with Gasteiger partial charge in [0.2, 0.25) is 0 Å². The lowest BCUT2D eigenvalue weighted by molar-refractivity contribution is 0.668. The molecule has 3 nitrogen and oxygen atoms in total. The molecule has 0 fully saturated rings. The number of thioether (sulfide) groups is 1. The molecule has 10 rings (SSSR count). The molecule has 0 saturated heterocycles. The van der Waals surface area contributed by atoms with Crippen LogP contribution in [-0.2, 0) is 0 Å². The van der Waals surface area contributed by atoms with Crippen molar-refractivity contribution in [2.75, 3.05) is 5.32 Å². The lowest BCUT2D eigenvalue weighted by atomic mass is 9.95. The first-order valence-electron chi connectivity index (χ1n) is 15.3. The van der Waals surface area contributed by atoms with E-state index in [1.807, 2.05) is 23.9 Å². The van der Waals surface area contributed by atoms with Gasteiger partial charge in [-0.1, -0.05) is 115 Å². The highest BCUT2D eigenvalue weighted by Gasteiger charge is 2.27. The number of para-hydroxylation sites is 2. The van der Waals surface area contributed by atoms with E-state index in [0.29, 0.717) is 0 Å². The summed E-state index contributed by atoms with van der Waals surface area (Å²) in [6.07, 6.45) is 0. The first kappa shape index (κ1) is 24.9. The molecule has 9 aromatic rings. The molecule has 0 aliphatic carbocycles. The van der Waals surface area contributed by atoms with Crippen LogP contribution in [0.5, 0.6) is 0 Å². The van der Waals surface area contributed by atoms with Crippen LogP contribution < -0.4 is 5.32 Å². The normalized spacial score (nSPS) is 14.5. The summed E-state index contributed by atoms with van der Waals surface area (Å²) < 4.78 is 8.61. The molecule has 45 heavy (non-hydrogen) atoms. The Hall–Kier alpha value is -5.45. The maximum atomic E-state index is 6.17. The van der Waals surface area contributed by atoms with E-state index < -0.39 is 0 Å². The van der Waals surface area contributed by atoms with Crippen LogP contribution in [0.25, 0.3) is 71.3 Å². The van der Waals surface area contributed by atoms with Gasteiger partial charge in [0.1, 0.15) is 16.5 Å². The maximum absolute atomic E-state index is 6.17. The second kappa shape index (κ2) is 9.52. The SMILES string of the molecule is c1ccc(-c2cc3c4ccccc4n(-c4ccc(C5Nc6ccc7oc8ccccc8c7c6S5)cc4)c3c3ccccc23)cc1. The number of nitrogens with one attached hydrogen (secondary N) is 1. The van der Waals surface area contributed by atoms with E-state index in [9.17, 15) is 0 Å². The number of fused-ring (bicyclic) bond motifs is 10. The minimum Gasteiger partial charge on any atom is -0.456 e. The summed E-state index contributed by atoms with van der Waals surface area (Å²) in [7, 11) is 0. The first-order chi connectivity index (χ1) is 22.3. The van der Waals surface area contributed by atoms with Crippen molar-refractivity contribution >= 4 is 72.0 Å². The number of furan rings is 1. The molecule has 0 amide bonds. The van der Waals surface area contributed by atoms with Crippen LogP contribution in [-0.4, -0.2) is 4.57 Å². The second-order valence-corrected chi connectivity index (χ2v) is 12.8. The quantitative estimate of drug-likeness (QED) is 0.221. The average Bonchev–Trinajstić information content (AvgIpc) is 3.80. The molecule has 1 aliphatic rings. The molecule has 1 unspecified atom stereocenters. The molecule has 0 spiro atoms. The highest BCUT2D eigenvalue weighted by atomic mass is 32.2. The van der Waals surface area contributed by atoms with E-state index in [2.05, 4.69) is 143 Å². The molecular formula is C41H26N2OS. The number of benzene rings is 7.